The molecule has 0 bridgehead atoms. The number of aromatic nitrogens is 2. The second-order valence-corrected chi connectivity index (χ2v) is 10.5. The van der Waals surface area contributed by atoms with Crippen LogP contribution in [-0.4, -0.2) is 60.7 Å². The van der Waals surface area contributed by atoms with Gasteiger partial charge in [-0.1, -0.05) is 11.8 Å². The van der Waals surface area contributed by atoms with Crippen LogP contribution in [0.3, 0.4) is 0 Å². The number of sulfonamides is 1. The number of nitrogens with one attached hydrogen (secondary N) is 1. The van der Waals surface area contributed by atoms with Crippen LogP contribution in [0.5, 0.6) is 0 Å². The van der Waals surface area contributed by atoms with E-state index in [1.54, 1.807) is 19.1 Å². The van der Waals surface area contributed by atoms with Gasteiger partial charge in [0.05, 0.1) is 29.6 Å². The van der Waals surface area contributed by atoms with Crippen molar-refractivity contribution >= 4 is 33.4 Å². The van der Waals surface area contributed by atoms with Gasteiger partial charge in [0.2, 0.25) is 15.9 Å². The summed E-state index contributed by atoms with van der Waals surface area (Å²) in [5, 5.41) is 12.7. The van der Waals surface area contributed by atoms with E-state index in [4.69, 9.17) is 4.74 Å². The van der Waals surface area contributed by atoms with Crippen LogP contribution in [0.15, 0.2) is 34.2 Å². The van der Waals surface area contributed by atoms with E-state index in [1.807, 2.05) is 0 Å². The molecule has 9 nitrogen and oxygen atoms in total. The molecule has 1 N–H and O–H groups in total. The Bertz CT molecular complexity index is 1150. The van der Waals surface area contributed by atoms with Crippen LogP contribution in [0.2, 0.25) is 0 Å². The Morgan fingerprint density at radius 3 is 2.56 bits per heavy atom. The summed E-state index contributed by atoms with van der Waals surface area (Å²) in [7, 11) is -3.58. The van der Waals surface area contributed by atoms with Crippen molar-refractivity contribution in [1.29, 1.82) is 5.26 Å². The third-order valence-corrected chi connectivity index (χ3v) is 8.10. The molecule has 1 saturated carbocycles. The second-order valence-electron chi connectivity index (χ2n) is 7.61. The lowest BCUT2D eigenvalue weighted by atomic mass is 10.2. The minimum atomic E-state index is -3.58. The number of nitrogens with zero attached hydrogens (tertiary/aromatic N) is 4. The minimum Gasteiger partial charge on any atom is -0.379 e. The van der Waals surface area contributed by atoms with E-state index in [9.17, 15) is 18.5 Å². The number of ether oxygens (including phenoxy) is 1. The topological polar surface area (TPSA) is 125 Å². The van der Waals surface area contributed by atoms with Gasteiger partial charge < -0.3 is 10.1 Å². The smallest absolute Gasteiger partial charge is 0.243 e. The summed E-state index contributed by atoms with van der Waals surface area (Å²) in [5.74, 6) is 0.888. The summed E-state index contributed by atoms with van der Waals surface area (Å²) < 4.78 is 32.0. The Hall–Kier alpha value is -2.52. The highest BCUT2D eigenvalue weighted by molar-refractivity contribution is 8.00. The van der Waals surface area contributed by atoms with Crippen molar-refractivity contribution in [3.8, 4) is 6.07 Å². The number of thioether (sulfide) groups is 1. The van der Waals surface area contributed by atoms with Crippen LogP contribution >= 0.6 is 11.8 Å². The number of rotatable bonds is 7. The fraction of sp³-hybridized carbons (Fsp3) is 0.429. The molecule has 0 unspecified atom stereocenters. The zero-order valence-corrected chi connectivity index (χ0v) is 19.2. The molecule has 2 heterocycles. The van der Waals surface area contributed by atoms with Crippen molar-refractivity contribution in [1.82, 2.24) is 14.3 Å². The molecule has 1 saturated heterocycles. The Kier molecular flexibility index (Phi) is 6.76. The predicted octanol–water partition coefficient (Wildman–Crippen LogP) is 2.29. The van der Waals surface area contributed by atoms with Crippen LogP contribution in [0.25, 0.3) is 0 Å². The molecule has 1 aliphatic carbocycles. The van der Waals surface area contributed by atoms with E-state index < -0.39 is 10.0 Å². The number of amides is 1. The van der Waals surface area contributed by atoms with Gasteiger partial charge in [-0.3, -0.25) is 4.79 Å². The molecule has 1 aromatic carbocycles. The van der Waals surface area contributed by atoms with E-state index in [0.717, 1.165) is 18.7 Å². The van der Waals surface area contributed by atoms with Crippen LogP contribution in [0.1, 0.15) is 35.8 Å². The molecule has 2 aliphatic rings. The number of aryl methyl sites for hydroxylation is 1. The van der Waals surface area contributed by atoms with Gasteiger partial charge in [0.25, 0.3) is 0 Å². The quantitative estimate of drug-likeness (QED) is 0.480. The van der Waals surface area contributed by atoms with E-state index in [1.165, 1.54) is 28.2 Å². The molecule has 168 valence electrons. The predicted molar refractivity (Wildman–Crippen MR) is 119 cm³/mol. The first-order chi connectivity index (χ1) is 15.4. The monoisotopic (exact) mass is 473 g/mol. The maximum Gasteiger partial charge on any atom is 0.243 e. The standard InChI is InChI=1S/C21H23N5O4S2/c1-14-18(12-22)21(25-20(23-14)15-2-3-15)31-13-19(27)24-16-4-6-17(7-5-16)32(28,29)26-8-10-30-11-9-26/h4-7,15H,2-3,8-11,13H2,1H3,(H,24,27). The van der Waals surface area contributed by atoms with Crippen molar-refractivity contribution in [3.63, 3.8) is 0 Å². The maximum absolute atomic E-state index is 12.7. The van der Waals surface area contributed by atoms with Crippen LogP contribution < -0.4 is 5.32 Å². The number of carbonyl (C=O) groups is 1. The third-order valence-electron chi connectivity index (χ3n) is 5.21. The average molecular weight is 474 g/mol. The first-order valence-electron chi connectivity index (χ1n) is 10.3. The molecule has 1 aliphatic heterocycles. The first kappa shape index (κ1) is 22.7. The molecule has 0 radical (unpaired) electrons. The Balaban J connectivity index is 1.38. The van der Waals surface area contributed by atoms with E-state index in [0.29, 0.717) is 54.2 Å². The van der Waals surface area contributed by atoms with Gasteiger partial charge in [0, 0.05) is 24.7 Å². The van der Waals surface area contributed by atoms with Gasteiger partial charge in [-0.2, -0.15) is 9.57 Å². The molecular formula is C21H23N5O4S2. The number of anilines is 1. The lowest BCUT2D eigenvalue weighted by Crippen LogP contribution is -2.40. The summed E-state index contributed by atoms with van der Waals surface area (Å²) in [5.41, 5.74) is 1.52. The number of hydrogen-bond donors (Lipinski definition) is 1. The van der Waals surface area contributed by atoms with Gasteiger partial charge in [0.1, 0.15) is 22.5 Å². The van der Waals surface area contributed by atoms with Crippen LogP contribution in [-0.2, 0) is 19.6 Å². The molecule has 1 aromatic heterocycles. The average Bonchev–Trinajstić information content (AvgIpc) is 3.64. The molecule has 11 heteroatoms. The zero-order valence-electron chi connectivity index (χ0n) is 17.6. The van der Waals surface area contributed by atoms with Crippen molar-refractivity contribution < 1.29 is 17.9 Å². The zero-order chi connectivity index (χ0) is 22.7. The fourth-order valence-electron chi connectivity index (χ4n) is 3.30. The molecule has 0 atom stereocenters. The van der Waals surface area contributed by atoms with E-state index >= 15 is 0 Å². The van der Waals surface area contributed by atoms with Crippen molar-refractivity contribution in [2.45, 2.75) is 35.6 Å². The van der Waals surface area contributed by atoms with Gasteiger partial charge in [0.15, 0.2) is 0 Å². The molecule has 2 fully saturated rings. The summed E-state index contributed by atoms with van der Waals surface area (Å²) in [6.07, 6.45) is 2.10. The lowest BCUT2D eigenvalue weighted by molar-refractivity contribution is -0.113. The highest BCUT2D eigenvalue weighted by atomic mass is 32.2. The first-order valence-corrected chi connectivity index (χ1v) is 12.7. The summed E-state index contributed by atoms with van der Waals surface area (Å²) in [6.45, 7) is 3.20. The highest BCUT2D eigenvalue weighted by Gasteiger charge is 2.28. The lowest BCUT2D eigenvalue weighted by Gasteiger charge is -2.26. The maximum atomic E-state index is 12.7. The van der Waals surface area contributed by atoms with Crippen molar-refractivity contribution in [2.75, 3.05) is 37.4 Å². The molecule has 2 aromatic rings. The fourth-order valence-corrected chi connectivity index (χ4v) is 5.55. The Labute approximate surface area is 191 Å². The summed E-state index contributed by atoms with van der Waals surface area (Å²) >= 11 is 1.20. The van der Waals surface area contributed by atoms with Crippen molar-refractivity contribution in [2.24, 2.45) is 0 Å². The Morgan fingerprint density at radius 2 is 1.94 bits per heavy atom. The van der Waals surface area contributed by atoms with E-state index in [2.05, 4.69) is 21.4 Å². The number of nitriles is 1. The normalized spacial score (nSPS) is 17.0. The highest BCUT2D eigenvalue weighted by Crippen LogP contribution is 2.39. The number of benzene rings is 1. The summed E-state index contributed by atoms with van der Waals surface area (Å²) in [4.78, 5) is 21.5. The number of hydrogen-bond acceptors (Lipinski definition) is 8. The van der Waals surface area contributed by atoms with Gasteiger partial charge >= 0.3 is 0 Å². The van der Waals surface area contributed by atoms with Gasteiger partial charge in [-0.15, -0.1) is 0 Å². The molecule has 0 spiro atoms. The molecule has 1 amide bonds. The number of carbonyl (C=O) groups excluding carboxylic acids is 1. The van der Waals surface area contributed by atoms with Gasteiger partial charge in [-0.25, -0.2) is 18.4 Å². The molecular weight excluding hydrogens is 450 g/mol. The molecule has 32 heavy (non-hydrogen) atoms. The number of morpholine rings is 1. The van der Waals surface area contributed by atoms with Crippen LogP contribution in [0.4, 0.5) is 5.69 Å². The largest absolute Gasteiger partial charge is 0.379 e. The third kappa shape index (κ3) is 5.10. The van der Waals surface area contributed by atoms with E-state index in [-0.39, 0.29) is 16.6 Å². The van der Waals surface area contributed by atoms with Gasteiger partial charge in [-0.05, 0) is 44.0 Å². The SMILES string of the molecule is Cc1nc(C2CC2)nc(SCC(=O)Nc2ccc(S(=O)(=O)N3CCOCC3)cc2)c1C#N. The van der Waals surface area contributed by atoms with Crippen molar-refractivity contribution in [3.05, 3.63) is 41.3 Å². The summed E-state index contributed by atoms with van der Waals surface area (Å²) in [6, 6.07) is 8.22. The van der Waals surface area contributed by atoms with Crippen LogP contribution in [0, 0.1) is 18.3 Å². The minimum absolute atomic E-state index is 0.0725. The second kappa shape index (κ2) is 9.54. The molecule has 4 rings (SSSR count). The Morgan fingerprint density at radius 1 is 1.25 bits per heavy atom.